The molecule has 2 aromatic rings. The van der Waals surface area contributed by atoms with E-state index >= 15 is 0 Å². The van der Waals surface area contributed by atoms with Crippen LogP contribution >= 0.6 is 0 Å². The highest BCUT2D eigenvalue weighted by Gasteiger charge is 2.34. The minimum absolute atomic E-state index is 0.150. The van der Waals surface area contributed by atoms with Crippen LogP contribution in [0.4, 0.5) is 0 Å². The number of carbonyl (C=O) groups excluding carboxylic acids is 3. The maximum atomic E-state index is 12.3. The van der Waals surface area contributed by atoms with E-state index in [0.717, 1.165) is 5.56 Å². The maximum absolute atomic E-state index is 12.3. The Hall–Kier alpha value is -3.46. The molecule has 2 aromatic carbocycles. The number of nitrogens with zero attached hydrogens (tertiary/aromatic N) is 2. The summed E-state index contributed by atoms with van der Waals surface area (Å²) in [5, 5.41) is 11.7. The van der Waals surface area contributed by atoms with Crippen LogP contribution < -0.4 is 5.32 Å². The first kappa shape index (κ1) is 18.3. The van der Waals surface area contributed by atoms with Crippen LogP contribution in [-0.2, 0) is 4.79 Å². The molecule has 1 aliphatic heterocycles. The number of fused-ring (bicyclic) bond motifs is 1. The fourth-order valence-electron chi connectivity index (χ4n) is 3.08. The lowest BCUT2D eigenvalue weighted by molar-refractivity contribution is -0.121. The van der Waals surface area contributed by atoms with Crippen LogP contribution in [0.3, 0.4) is 0 Å². The summed E-state index contributed by atoms with van der Waals surface area (Å²) in [5.74, 6) is -0.757. The van der Waals surface area contributed by atoms with Gasteiger partial charge in [-0.25, -0.2) is 0 Å². The van der Waals surface area contributed by atoms with E-state index in [-0.39, 0.29) is 36.7 Å². The highest BCUT2D eigenvalue weighted by atomic mass is 16.2. The fraction of sp³-hybridized carbons (Fsp3) is 0.238. The third-order valence-corrected chi connectivity index (χ3v) is 4.58. The first-order valence-electron chi connectivity index (χ1n) is 8.76. The minimum atomic E-state index is -0.304. The minimum Gasteiger partial charge on any atom is -0.350 e. The van der Waals surface area contributed by atoms with Crippen LogP contribution in [0.5, 0.6) is 0 Å². The van der Waals surface area contributed by atoms with Gasteiger partial charge >= 0.3 is 0 Å². The standard InChI is InChI=1S/C21H19N3O3/c1-14(16-10-8-15(13-22)9-11-16)23-19(25)7-4-12-24-20(26)17-5-2-3-6-18(17)21(24)27/h2-3,5-6,8-11,14H,4,7,12H2,1H3,(H,23,25). The van der Waals surface area contributed by atoms with Gasteiger partial charge in [0.15, 0.2) is 0 Å². The van der Waals surface area contributed by atoms with Crippen LogP contribution in [0.25, 0.3) is 0 Å². The zero-order valence-corrected chi connectivity index (χ0v) is 14.9. The SMILES string of the molecule is CC(NC(=O)CCCN1C(=O)c2ccccc2C1=O)c1ccc(C#N)cc1. The third kappa shape index (κ3) is 3.87. The predicted octanol–water partition coefficient (Wildman–Crippen LogP) is 2.81. The first-order chi connectivity index (χ1) is 13.0. The number of imide groups is 1. The zero-order chi connectivity index (χ0) is 19.4. The zero-order valence-electron chi connectivity index (χ0n) is 14.9. The second-order valence-electron chi connectivity index (χ2n) is 6.43. The number of benzene rings is 2. The molecule has 3 rings (SSSR count). The summed E-state index contributed by atoms with van der Waals surface area (Å²) in [6.07, 6.45) is 0.616. The first-order valence-corrected chi connectivity index (χ1v) is 8.76. The van der Waals surface area contributed by atoms with E-state index in [0.29, 0.717) is 23.1 Å². The molecule has 1 aliphatic rings. The summed E-state index contributed by atoms with van der Waals surface area (Å²) in [6, 6.07) is 15.6. The largest absolute Gasteiger partial charge is 0.350 e. The molecule has 3 amide bonds. The van der Waals surface area contributed by atoms with Crippen LogP contribution in [-0.4, -0.2) is 29.2 Å². The van der Waals surface area contributed by atoms with E-state index in [9.17, 15) is 14.4 Å². The molecule has 0 aliphatic carbocycles. The summed E-state index contributed by atoms with van der Waals surface area (Å²) < 4.78 is 0. The molecule has 0 bridgehead atoms. The highest BCUT2D eigenvalue weighted by Crippen LogP contribution is 2.22. The van der Waals surface area contributed by atoms with Gasteiger partial charge in [0.25, 0.3) is 11.8 Å². The Kier molecular flexibility index (Phi) is 5.32. The highest BCUT2D eigenvalue weighted by molar-refractivity contribution is 6.21. The number of nitriles is 1. The molecule has 0 radical (unpaired) electrons. The van der Waals surface area contributed by atoms with E-state index in [1.807, 2.05) is 19.1 Å². The van der Waals surface area contributed by atoms with Gasteiger partial charge in [0.1, 0.15) is 0 Å². The second-order valence-corrected chi connectivity index (χ2v) is 6.43. The molecule has 6 nitrogen and oxygen atoms in total. The Balaban J connectivity index is 1.49. The van der Waals surface area contributed by atoms with Gasteiger partial charge in [0.2, 0.25) is 5.91 Å². The number of hydrogen-bond acceptors (Lipinski definition) is 4. The number of nitrogens with one attached hydrogen (secondary N) is 1. The molecule has 27 heavy (non-hydrogen) atoms. The second kappa shape index (κ2) is 7.83. The van der Waals surface area contributed by atoms with Crippen molar-refractivity contribution < 1.29 is 14.4 Å². The van der Waals surface area contributed by atoms with Gasteiger partial charge in [0, 0.05) is 13.0 Å². The number of carbonyl (C=O) groups is 3. The molecule has 0 aromatic heterocycles. The maximum Gasteiger partial charge on any atom is 0.261 e. The number of hydrogen-bond donors (Lipinski definition) is 1. The van der Waals surface area contributed by atoms with Gasteiger partial charge < -0.3 is 5.32 Å². The molecule has 1 N–H and O–H groups in total. The molecular weight excluding hydrogens is 342 g/mol. The van der Waals surface area contributed by atoms with Crippen molar-refractivity contribution in [1.82, 2.24) is 10.2 Å². The van der Waals surface area contributed by atoms with E-state index in [1.165, 1.54) is 4.90 Å². The average Bonchev–Trinajstić information content (AvgIpc) is 2.93. The Labute approximate surface area is 157 Å². The molecule has 1 unspecified atom stereocenters. The molecule has 0 saturated heterocycles. The van der Waals surface area contributed by atoms with E-state index in [2.05, 4.69) is 11.4 Å². The van der Waals surface area contributed by atoms with Crippen molar-refractivity contribution in [3.05, 3.63) is 70.8 Å². The van der Waals surface area contributed by atoms with Crippen LogP contribution in [0.15, 0.2) is 48.5 Å². The summed E-state index contributed by atoms with van der Waals surface area (Å²) in [6.45, 7) is 2.08. The van der Waals surface area contributed by atoms with Crippen molar-refractivity contribution in [3.63, 3.8) is 0 Å². The van der Waals surface area contributed by atoms with Gasteiger partial charge in [-0.2, -0.15) is 5.26 Å². The van der Waals surface area contributed by atoms with E-state index < -0.39 is 0 Å². The lowest BCUT2D eigenvalue weighted by atomic mass is 10.1. The molecule has 1 heterocycles. The van der Waals surface area contributed by atoms with Crippen molar-refractivity contribution in [2.45, 2.75) is 25.8 Å². The van der Waals surface area contributed by atoms with Crippen molar-refractivity contribution in [1.29, 1.82) is 5.26 Å². The van der Waals surface area contributed by atoms with Crippen molar-refractivity contribution in [2.24, 2.45) is 0 Å². The molecule has 0 saturated carbocycles. The van der Waals surface area contributed by atoms with Crippen LogP contribution in [0, 0.1) is 11.3 Å². The van der Waals surface area contributed by atoms with E-state index in [4.69, 9.17) is 5.26 Å². The van der Waals surface area contributed by atoms with Crippen LogP contribution in [0.1, 0.15) is 57.7 Å². The quantitative estimate of drug-likeness (QED) is 0.801. The van der Waals surface area contributed by atoms with Gasteiger partial charge in [-0.05, 0) is 43.2 Å². The summed E-state index contributed by atoms with van der Waals surface area (Å²) in [5.41, 5.74) is 2.31. The molecule has 1 atom stereocenters. The fourth-order valence-corrected chi connectivity index (χ4v) is 3.08. The summed E-state index contributed by atoms with van der Waals surface area (Å²) in [7, 11) is 0. The smallest absolute Gasteiger partial charge is 0.261 e. The Morgan fingerprint density at radius 1 is 1.07 bits per heavy atom. The van der Waals surface area contributed by atoms with Gasteiger partial charge in [-0.15, -0.1) is 0 Å². The van der Waals surface area contributed by atoms with Crippen molar-refractivity contribution in [3.8, 4) is 6.07 Å². The molecular formula is C21H19N3O3. The van der Waals surface area contributed by atoms with Crippen molar-refractivity contribution in [2.75, 3.05) is 6.54 Å². The topological polar surface area (TPSA) is 90.3 Å². The lowest BCUT2D eigenvalue weighted by Crippen LogP contribution is -2.32. The molecule has 0 spiro atoms. The average molecular weight is 361 g/mol. The Morgan fingerprint density at radius 2 is 1.67 bits per heavy atom. The van der Waals surface area contributed by atoms with Gasteiger partial charge in [-0.3, -0.25) is 19.3 Å². The molecule has 136 valence electrons. The normalized spacial score (nSPS) is 13.9. The third-order valence-electron chi connectivity index (χ3n) is 4.58. The lowest BCUT2D eigenvalue weighted by Gasteiger charge is -2.16. The molecule has 0 fully saturated rings. The number of rotatable bonds is 6. The number of amides is 3. The van der Waals surface area contributed by atoms with Gasteiger partial charge in [-0.1, -0.05) is 24.3 Å². The van der Waals surface area contributed by atoms with Gasteiger partial charge in [0.05, 0.1) is 28.8 Å². The Bertz CT molecular complexity index is 893. The Morgan fingerprint density at radius 3 is 2.22 bits per heavy atom. The predicted molar refractivity (Wildman–Crippen MR) is 98.8 cm³/mol. The summed E-state index contributed by atoms with van der Waals surface area (Å²) >= 11 is 0. The monoisotopic (exact) mass is 361 g/mol. The molecule has 6 heteroatoms. The van der Waals surface area contributed by atoms with Crippen LogP contribution in [0.2, 0.25) is 0 Å². The van der Waals surface area contributed by atoms with E-state index in [1.54, 1.807) is 36.4 Å². The van der Waals surface area contributed by atoms with Crippen molar-refractivity contribution >= 4 is 17.7 Å². The summed E-state index contributed by atoms with van der Waals surface area (Å²) in [4.78, 5) is 37.9.